The zero-order valence-electron chi connectivity index (χ0n) is 9.73. The maximum atomic E-state index is 4.42. The second-order valence-corrected chi connectivity index (χ2v) is 6.79. The number of rotatable bonds is 3. The number of aromatic nitrogens is 2. The van der Waals surface area contributed by atoms with Gasteiger partial charge in [0.25, 0.3) is 0 Å². The van der Waals surface area contributed by atoms with Crippen molar-refractivity contribution in [1.29, 1.82) is 0 Å². The molecule has 0 bridgehead atoms. The quantitative estimate of drug-likeness (QED) is 0.686. The summed E-state index contributed by atoms with van der Waals surface area (Å²) in [5.74, 6) is 0. The average Bonchev–Trinajstić information content (AvgIpc) is 2.81. The van der Waals surface area contributed by atoms with Gasteiger partial charge in [0.15, 0.2) is 0 Å². The molecule has 0 saturated heterocycles. The predicted octanol–water partition coefficient (Wildman–Crippen LogP) is 4.83. The molecule has 96 valence electrons. The van der Waals surface area contributed by atoms with Crippen molar-refractivity contribution in [2.75, 3.05) is 5.32 Å². The van der Waals surface area contributed by atoms with Gasteiger partial charge >= 0.3 is 0 Å². The lowest BCUT2D eigenvalue weighted by atomic mass is 10.3. The third-order valence-corrected chi connectivity index (χ3v) is 4.75. The van der Waals surface area contributed by atoms with Gasteiger partial charge in [-0.25, -0.2) is 0 Å². The molecule has 0 spiro atoms. The Morgan fingerprint density at radius 2 is 2.05 bits per heavy atom. The summed E-state index contributed by atoms with van der Waals surface area (Å²) in [7, 11) is 0. The minimum atomic E-state index is 0.785. The van der Waals surface area contributed by atoms with Gasteiger partial charge in [-0.2, -0.15) is 0 Å². The Hall–Kier alpha value is -0.980. The first kappa shape index (κ1) is 13.0. The van der Waals surface area contributed by atoms with Gasteiger partial charge in [-0.1, -0.05) is 0 Å². The van der Waals surface area contributed by atoms with Gasteiger partial charge in [-0.3, -0.25) is 9.97 Å². The molecule has 0 fully saturated rings. The number of anilines is 1. The molecule has 0 radical (unpaired) electrons. The molecule has 0 aliphatic carbocycles. The van der Waals surface area contributed by atoms with Crippen molar-refractivity contribution in [1.82, 2.24) is 9.97 Å². The Labute approximate surface area is 131 Å². The van der Waals surface area contributed by atoms with Crippen LogP contribution < -0.4 is 5.32 Å². The summed E-state index contributed by atoms with van der Waals surface area (Å²) in [4.78, 5) is 10.0. The van der Waals surface area contributed by atoms with Crippen molar-refractivity contribution < 1.29 is 0 Å². The molecule has 0 saturated carbocycles. The van der Waals surface area contributed by atoms with Crippen molar-refractivity contribution in [2.24, 2.45) is 0 Å². The van der Waals surface area contributed by atoms with Crippen molar-refractivity contribution >= 4 is 59.9 Å². The Morgan fingerprint density at radius 1 is 1.16 bits per heavy atom. The van der Waals surface area contributed by atoms with E-state index in [2.05, 4.69) is 58.6 Å². The Morgan fingerprint density at radius 3 is 2.84 bits per heavy atom. The standard InChI is InChI=1S/C13H9Br2N3S/c14-8-4-12-13(18-5-8)11(1-2-16-12)17-6-10-3-9(15)7-19-10/h1-5,7H,6H2,(H,16,17). The van der Waals surface area contributed by atoms with Crippen LogP contribution in [0.3, 0.4) is 0 Å². The predicted molar refractivity (Wildman–Crippen MR) is 86.6 cm³/mol. The summed E-state index contributed by atoms with van der Waals surface area (Å²) in [6.45, 7) is 0.785. The zero-order chi connectivity index (χ0) is 13.2. The first-order chi connectivity index (χ1) is 9.22. The SMILES string of the molecule is Brc1csc(CNc2ccnc3cc(Br)cnc23)c1. The van der Waals surface area contributed by atoms with E-state index in [1.165, 1.54) is 4.88 Å². The van der Waals surface area contributed by atoms with Gasteiger partial charge in [-0.05, 0) is 50.1 Å². The topological polar surface area (TPSA) is 37.8 Å². The summed E-state index contributed by atoms with van der Waals surface area (Å²) in [6.07, 6.45) is 3.58. The van der Waals surface area contributed by atoms with E-state index in [9.17, 15) is 0 Å². The van der Waals surface area contributed by atoms with Crippen LogP contribution in [0.25, 0.3) is 11.0 Å². The molecule has 1 N–H and O–H groups in total. The molecule has 6 heteroatoms. The molecular formula is C13H9Br2N3S. The van der Waals surface area contributed by atoms with Crippen LogP contribution in [-0.2, 0) is 6.54 Å². The maximum Gasteiger partial charge on any atom is 0.112 e. The molecule has 0 aromatic carbocycles. The molecule has 19 heavy (non-hydrogen) atoms. The van der Waals surface area contributed by atoms with Crippen molar-refractivity contribution in [2.45, 2.75) is 6.54 Å². The van der Waals surface area contributed by atoms with Crippen LogP contribution in [0.4, 0.5) is 5.69 Å². The van der Waals surface area contributed by atoms with Crippen molar-refractivity contribution in [3.8, 4) is 0 Å². The molecule has 3 aromatic heterocycles. The first-order valence-electron chi connectivity index (χ1n) is 5.59. The minimum absolute atomic E-state index is 0.785. The molecule has 3 heterocycles. The number of hydrogen-bond acceptors (Lipinski definition) is 4. The lowest BCUT2D eigenvalue weighted by molar-refractivity contribution is 1.18. The number of nitrogens with one attached hydrogen (secondary N) is 1. The Kier molecular flexibility index (Phi) is 3.81. The van der Waals surface area contributed by atoms with Crippen LogP contribution in [0, 0.1) is 0 Å². The third-order valence-electron chi connectivity index (χ3n) is 2.62. The Bertz CT molecular complexity index is 727. The van der Waals surface area contributed by atoms with Gasteiger partial charge in [-0.15, -0.1) is 11.3 Å². The number of hydrogen-bond donors (Lipinski definition) is 1. The fraction of sp³-hybridized carbons (Fsp3) is 0.0769. The van der Waals surface area contributed by atoms with E-state index in [-0.39, 0.29) is 0 Å². The number of fused-ring (bicyclic) bond motifs is 1. The molecule has 0 atom stereocenters. The summed E-state index contributed by atoms with van der Waals surface area (Å²) < 4.78 is 2.06. The lowest BCUT2D eigenvalue weighted by Gasteiger charge is -2.07. The maximum absolute atomic E-state index is 4.42. The lowest BCUT2D eigenvalue weighted by Crippen LogP contribution is -1.99. The number of nitrogens with zero attached hydrogens (tertiary/aromatic N) is 2. The number of pyridine rings is 2. The molecule has 3 rings (SSSR count). The van der Waals surface area contributed by atoms with Crippen LogP contribution in [-0.4, -0.2) is 9.97 Å². The second kappa shape index (κ2) is 5.56. The average molecular weight is 399 g/mol. The highest BCUT2D eigenvalue weighted by molar-refractivity contribution is 9.10. The molecular weight excluding hydrogens is 390 g/mol. The summed E-state index contributed by atoms with van der Waals surface area (Å²) in [5, 5.41) is 5.49. The smallest absolute Gasteiger partial charge is 0.112 e. The summed E-state index contributed by atoms with van der Waals surface area (Å²) in [6, 6.07) is 6.03. The molecule has 3 aromatic rings. The van der Waals surface area contributed by atoms with E-state index in [0.29, 0.717) is 0 Å². The Balaban J connectivity index is 1.88. The third kappa shape index (κ3) is 2.96. The largest absolute Gasteiger partial charge is 0.378 e. The van der Waals surface area contributed by atoms with E-state index >= 15 is 0 Å². The van der Waals surface area contributed by atoms with Crippen LogP contribution >= 0.6 is 43.2 Å². The van der Waals surface area contributed by atoms with Crippen LogP contribution in [0.5, 0.6) is 0 Å². The van der Waals surface area contributed by atoms with Crippen molar-refractivity contribution in [3.63, 3.8) is 0 Å². The van der Waals surface area contributed by atoms with E-state index in [1.807, 2.05) is 12.1 Å². The van der Waals surface area contributed by atoms with E-state index in [1.54, 1.807) is 23.7 Å². The fourth-order valence-electron chi connectivity index (χ4n) is 1.78. The van der Waals surface area contributed by atoms with Crippen LogP contribution in [0.1, 0.15) is 4.88 Å². The molecule has 0 amide bonds. The molecule has 0 aliphatic rings. The van der Waals surface area contributed by atoms with Crippen molar-refractivity contribution in [3.05, 3.63) is 49.8 Å². The van der Waals surface area contributed by atoms with Crippen LogP contribution in [0.2, 0.25) is 0 Å². The van der Waals surface area contributed by atoms with Gasteiger partial charge in [0.2, 0.25) is 0 Å². The molecule has 0 aliphatic heterocycles. The molecule has 3 nitrogen and oxygen atoms in total. The van der Waals surface area contributed by atoms with Crippen LogP contribution in [0.15, 0.2) is 44.9 Å². The number of halogens is 2. The highest BCUT2D eigenvalue weighted by Crippen LogP contribution is 2.24. The van der Waals surface area contributed by atoms with Gasteiger partial charge < -0.3 is 5.32 Å². The van der Waals surface area contributed by atoms with Gasteiger partial charge in [0.1, 0.15) is 5.52 Å². The highest BCUT2D eigenvalue weighted by atomic mass is 79.9. The fourth-order valence-corrected chi connectivity index (χ4v) is 3.49. The van der Waals surface area contributed by atoms with Gasteiger partial charge in [0, 0.05) is 38.1 Å². The van der Waals surface area contributed by atoms with E-state index < -0.39 is 0 Å². The van der Waals surface area contributed by atoms with Gasteiger partial charge in [0.05, 0.1) is 11.2 Å². The van der Waals surface area contributed by atoms with E-state index in [4.69, 9.17) is 0 Å². The summed E-state index contributed by atoms with van der Waals surface area (Å²) >= 11 is 8.59. The minimum Gasteiger partial charge on any atom is -0.378 e. The summed E-state index contributed by atoms with van der Waals surface area (Å²) in [5.41, 5.74) is 2.77. The number of thiophene rings is 1. The second-order valence-electron chi connectivity index (χ2n) is 3.96. The monoisotopic (exact) mass is 397 g/mol. The first-order valence-corrected chi connectivity index (χ1v) is 8.06. The zero-order valence-corrected chi connectivity index (χ0v) is 13.7. The van der Waals surface area contributed by atoms with E-state index in [0.717, 1.165) is 32.2 Å². The normalized spacial score (nSPS) is 10.8. The molecule has 0 unspecified atom stereocenters. The highest BCUT2D eigenvalue weighted by Gasteiger charge is 2.04.